The first-order chi connectivity index (χ1) is 17.0. The van der Waals surface area contributed by atoms with Crippen molar-refractivity contribution >= 4 is 23.2 Å². The van der Waals surface area contributed by atoms with Crippen LogP contribution in [0.15, 0.2) is 35.1 Å². The van der Waals surface area contributed by atoms with Crippen LogP contribution in [0, 0.1) is 11.8 Å². The fourth-order valence-corrected chi connectivity index (χ4v) is 5.25. The molecule has 15 heteroatoms. The number of hydrogen-bond donors (Lipinski definition) is 6. The predicted octanol–water partition coefficient (Wildman–Crippen LogP) is 1.11. The third-order valence-corrected chi connectivity index (χ3v) is 6.94. The van der Waals surface area contributed by atoms with Crippen LogP contribution in [-0.2, 0) is 19.1 Å². The molecular formula is C22H18F5NO9. The van der Waals surface area contributed by atoms with Crippen molar-refractivity contribution in [3.8, 4) is 5.75 Å². The van der Waals surface area contributed by atoms with E-state index in [1.54, 1.807) is 0 Å². The number of fused-ring (bicyclic) bond motifs is 3. The first-order valence-electron chi connectivity index (χ1n) is 10.5. The molecule has 4 rings (SSSR count). The maximum atomic E-state index is 13.6. The van der Waals surface area contributed by atoms with E-state index in [2.05, 4.69) is 4.74 Å². The Balaban J connectivity index is 1.93. The molecule has 1 unspecified atom stereocenters. The summed E-state index contributed by atoms with van der Waals surface area (Å²) in [5.74, 6) is -13.2. The number of phenols is 1. The van der Waals surface area contributed by atoms with Gasteiger partial charge in [-0.15, -0.1) is 0 Å². The quantitative estimate of drug-likeness (QED) is 0.242. The minimum atomic E-state index is -6.14. The highest BCUT2D eigenvalue weighted by Crippen LogP contribution is 2.56. The molecule has 7 N–H and O–H groups in total. The van der Waals surface area contributed by atoms with Crippen molar-refractivity contribution in [2.24, 2.45) is 17.6 Å². The molecular weight excluding hydrogens is 517 g/mol. The van der Waals surface area contributed by atoms with Gasteiger partial charge in [-0.2, -0.15) is 22.0 Å². The molecule has 1 amide bonds. The molecule has 0 radical (unpaired) electrons. The van der Waals surface area contributed by atoms with Crippen LogP contribution in [0.5, 0.6) is 5.75 Å². The Kier molecular flexibility index (Phi) is 5.89. The lowest BCUT2D eigenvalue weighted by molar-refractivity contribution is -0.392. The van der Waals surface area contributed by atoms with Crippen molar-refractivity contribution in [2.75, 3.05) is 6.61 Å². The number of alkyl halides is 5. The molecule has 1 aromatic rings. The van der Waals surface area contributed by atoms with Gasteiger partial charge in [0.25, 0.3) is 5.91 Å². The maximum absolute atomic E-state index is 13.6. The van der Waals surface area contributed by atoms with Crippen LogP contribution in [0.2, 0.25) is 0 Å². The molecule has 0 aromatic heterocycles. The lowest BCUT2D eigenvalue weighted by atomic mass is 9.55. The van der Waals surface area contributed by atoms with E-state index in [0.717, 1.165) is 18.2 Å². The highest BCUT2D eigenvalue weighted by atomic mass is 19.4. The Morgan fingerprint density at radius 1 is 1.14 bits per heavy atom. The lowest BCUT2D eigenvalue weighted by Gasteiger charge is -2.50. The highest BCUT2D eigenvalue weighted by Gasteiger charge is 2.66. The summed E-state index contributed by atoms with van der Waals surface area (Å²) < 4.78 is 69.3. The Morgan fingerprint density at radius 3 is 2.32 bits per heavy atom. The van der Waals surface area contributed by atoms with Crippen LogP contribution < -0.4 is 5.73 Å². The molecule has 10 nitrogen and oxygen atoms in total. The second-order valence-corrected chi connectivity index (χ2v) is 8.87. The zero-order chi connectivity index (χ0) is 27.8. The minimum Gasteiger partial charge on any atom is -0.508 e. The number of aromatic hydroxyl groups is 1. The van der Waals surface area contributed by atoms with Gasteiger partial charge >= 0.3 is 12.3 Å². The summed E-state index contributed by atoms with van der Waals surface area (Å²) in [6, 6.07) is 3.24. The molecule has 1 saturated carbocycles. The number of Topliss-reactive ketones (excluding diaryl/α,β-unsaturated/α-hetero) is 2. The van der Waals surface area contributed by atoms with Gasteiger partial charge in [-0.05, 0) is 11.6 Å². The van der Waals surface area contributed by atoms with Gasteiger partial charge in [0.1, 0.15) is 22.8 Å². The highest BCUT2D eigenvalue weighted by molar-refractivity contribution is 6.22. The van der Waals surface area contributed by atoms with Gasteiger partial charge in [-0.3, -0.25) is 14.4 Å². The summed E-state index contributed by atoms with van der Waals surface area (Å²) in [7, 11) is 0. The number of amides is 1. The van der Waals surface area contributed by atoms with Gasteiger partial charge in [0.05, 0.1) is 18.3 Å². The molecule has 0 bridgehead atoms. The van der Waals surface area contributed by atoms with Crippen LogP contribution >= 0.6 is 0 Å². The summed E-state index contributed by atoms with van der Waals surface area (Å²) in [6.45, 7) is -1.51. The molecule has 3 aliphatic rings. The second-order valence-electron chi connectivity index (χ2n) is 8.87. The van der Waals surface area contributed by atoms with Crippen molar-refractivity contribution in [2.45, 2.75) is 36.3 Å². The van der Waals surface area contributed by atoms with Crippen molar-refractivity contribution in [1.29, 1.82) is 0 Å². The Morgan fingerprint density at radius 2 is 1.76 bits per heavy atom. The zero-order valence-corrected chi connectivity index (χ0v) is 18.3. The van der Waals surface area contributed by atoms with E-state index < -0.39 is 106 Å². The third-order valence-electron chi connectivity index (χ3n) is 6.94. The van der Waals surface area contributed by atoms with Crippen molar-refractivity contribution in [1.82, 2.24) is 0 Å². The molecule has 0 heterocycles. The standard InChI is InChI=1S/C22H18F5NO9/c23-21(24,25)22(26,27)37-5-7-6-2-1-3-9(29)11(6)16(32)14-12(7)15(31)8-4-10(30)13(19(28)35)17(33)20(8,36)18(14)34/h1-3,7-8,12,15,29,31-33,36H,4-5H2,(H2,28,35)/t7-,8+,12+,15?,20+/m0/s1. The number of carbonyl (C=O) groups is 3. The van der Waals surface area contributed by atoms with E-state index in [1.165, 1.54) is 0 Å². The van der Waals surface area contributed by atoms with Crippen LogP contribution in [0.1, 0.15) is 23.5 Å². The molecule has 0 spiro atoms. The Bertz CT molecular complexity index is 1290. The van der Waals surface area contributed by atoms with Crippen LogP contribution in [-0.4, -0.2) is 73.6 Å². The average Bonchev–Trinajstić information content (AvgIpc) is 2.77. The predicted molar refractivity (Wildman–Crippen MR) is 109 cm³/mol. The monoisotopic (exact) mass is 535 g/mol. The number of aliphatic hydroxyl groups is 4. The number of nitrogens with two attached hydrogens (primary N) is 1. The van der Waals surface area contributed by atoms with Crippen LogP contribution in [0.25, 0.3) is 5.76 Å². The number of ketones is 2. The molecule has 5 atom stereocenters. The number of primary amides is 1. The summed E-state index contributed by atoms with van der Waals surface area (Å²) in [6.07, 6.45) is -14.9. The summed E-state index contributed by atoms with van der Waals surface area (Å²) in [5, 5.41) is 54.0. The number of aliphatic hydroxyl groups excluding tert-OH is 3. The number of phenolic OH excluding ortho intramolecular Hbond substituents is 1. The molecule has 3 aliphatic carbocycles. The number of ether oxygens (including phenoxy) is 1. The maximum Gasteiger partial charge on any atom is 0.482 e. The van der Waals surface area contributed by atoms with Crippen molar-refractivity contribution in [3.63, 3.8) is 0 Å². The fourth-order valence-electron chi connectivity index (χ4n) is 5.25. The Labute approximate surface area is 203 Å². The van der Waals surface area contributed by atoms with Gasteiger partial charge in [0, 0.05) is 29.7 Å². The van der Waals surface area contributed by atoms with Gasteiger partial charge in [0.15, 0.2) is 11.4 Å². The summed E-state index contributed by atoms with van der Waals surface area (Å²) >= 11 is 0. The topological polar surface area (TPSA) is 188 Å². The van der Waals surface area contributed by atoms with Gasteiger partial charge in [0.2, 0.25) is 5.78 Å². The lowest BCUT2D eigenvalue weighted by Crippen LogP contribution is -2.64. The third kappa shape index (κ3) is 3.59. The van der Waals surface area contributed by atoms with E-state index in [9.17, 15) is 61.9 Å². The molecule has 0 aliphatic heterocycles. The average molecular weight is 535 g/mol. The van der Waals surface area contributed by atoms with Gasteiger partial charge < -0.3 is 36.0 Å². The summed E-state index contributed by atoms with van der Waals surface area (Å²) in [5.41, 5.74) is -1.15. The molecule has 1 fully saturated rings. The van der Waals surface area contributed by atoms with Crippen LogP contribution in [0.4, 0.5) is 22.0 Å². The molecule has 37 heavy (non-hydrogen) atoms. The zero-order valence-electron chi connectivity index (χ0n) is 18.3. The van der Waals surface area contributed by atoms with E-state index in [1.807, 2.05) is 0 Å². The fraction of sp³-hybridized carbons (Fsp3) is 0.409. The molecule has 0 saturated heterocycles. The first-order valence-corrected chi connectivity index (χ1v) is 10.5. The Hall–Kier alpha value is -3.56. The van der Waals surface area contributed by atoms with Gasteiger partial charge in [-0.25, -0.2) is 0 Å². The number of halogens is 5. The van der Waals surface area contributed by atoms with Crippen molar-refractivity contribution < 1.29 is 66.6 Å². The van der Waals surface area contributed by atoms with E-state index in [4.69, 9.17) is 5.73 Å². The number of rotatable bonds is 4. The largest absolute Gasteiger partial charge is 0.508 e. The number of hydrogen-bond acceptors (Lipinski definition) is 9. The number of carbonyl (C=O) groups excluding carboxylic acids is 3. The van der Waals surface area contributed by atoms with Crippen molar-refractivity contribution in [3.05, 3.63) is 46.2 Å². The van der Waals surface area contributed by atoms with E-state index >= 15 is 0 Å². The smallest absolute Gasteiger partial charge is 0.482 e. The normalized spacial score (nSPS) is 30.1. The minimum absolute atomic E-state index is 0.291. The SMILES string of the molecule is NC(=O)C1=C(O)[C@@]2(O)C(=O)C3=C(O)c4c(O)cccc4[C@H](COC(F)(F)C(F)(F)F)[C@H]3C(O)[C@H]2CC1=O. The molecule has 1 aromatic carbocycles. The first kappa shape index (κ1) is 26.5. The van der Waals surface area contributed by atoms with Gasteiger partial charge in [-0.1, -0.05) is 12.1 Å². The number of benzene rings is 1. The van der Waals surface area contributed by atoms with Crippen LogP contribution in [0.3, 0.4) is 0 Å². The molecule has 200 valence electrons. The second kappa shape index (κ2) is 8.22. The summed E-state index contributed by atoms with van der Waals surface area (Å²) in [4.78, 5) is 37.6. The van der Waals surface area contributed by atoms with E-state index in [-0.39, 0.29) is 5.56 Å². The van der Waals surface area contributed by atoms with E-state index in [0.29, 0.717) is 0 Å².